The largest absolute Gasteiger partial charge is 0.396 e. The number of aliphatic hydroxyl groups is 1. The van der Waals surface area contributed by atoms with Gasteiger partial charge in [-0.1, -0.05) is 25.0 Å². The van der Waals surface area contributed by atoms with Gasteiger partial charge in [0.15, 0.2) is 0 Å². The van der Waals surface area contributed by atoms with Gasteiger partial charge in [-0.2, -0.15) is 0 Å². The van der Waals surface area contributed by atoms with Crippen molar-refractivity contribution in [2.75, 3.05) is 20.7 Å². The predicted molar refractivity (Wildman–Crippen MR) is 92.0 cm³/mol. The van der Waals surface area contributed by atoms with Crippen LogP contribution in [0.4, 0.5) is 9.18 Å². The Morgan fingerprint density at radius 2 is 2.08 bits per heavy atom. The molecule has 1 aromatic carbocycles. The molecule has 0 aliphatic heterocycles. The highest BCUT2D eigenvalue weighted by atomic mass is 19.1. The van der Waals surface area contributed by atoms with Gasteiger partial charge in [0.1, 0.15) is 5.82 Å². The lowest BCUT2D eigenvalue weighted by Crippen LogP contribution is -2.47. The fourth-order valence-electron chi connectivity index (χ4n) is 3.19. The third kappa shape index (κ3) is 5.46. The number of halogens is 1. The molecule has 0 saturated heterocycles. The molecule has 2 amide bonds. The van der Waals surface area contributed by atoms with Crippen LogP contribution in [0.25, 0.3) is 0 Å². The van der Waals surface area contributed by atoms with Gasteiger partial charge in [-0.15, -0.1) is 0 Å². The second-order valence-corrected chi connectivity index (χ2v) is 6.82. The molecule has 0 radical (unpaired) electrons. The van der Waals surface area contributed by atoms with E-state index in [9.17, 15) is 14.3 Å². The summed E-state index contributed by atoms with van der Waals surface area (Å²) in [6, 6.07) is 4.81. The van der Waals surface area contributed by atoms with E-state index in [1.807, 2.05) is 25.1 Å². The summed E-state index contributed by atoms with van der Waals surface area (Å²) in [6.45, 7) is 0.926. The van der Waals surface area contributed by atoms with Crippen LogP contribution in [0.3, 0.4) is 0 Å². The fourth-order valence-corrected chi connectivity index (χ4v) is 3.19. The van der Waals surface area contributed by atoms with E-state index in [1.54, 1.807) is 6.07 Å². The lowest BCUT2D eigenvalue weighted by molar-refractivity contribution is 0.153. The normalized spacial score (nSPS) is 20.9. The molecule has 1 saturated carbocycles. The van der Waals surface area contributed by atoms with Crippen LogP contribution < -0.4 is 10.6 Å². The van der Waals surface area contributed by atoms with E-state index >= 15 is 0 Å². The quantitative estimate of drug-likeness (QED) is 0.746. The average molecular weight is 337 g/mol. The Kier molecular flexibility index (Phi) is 6.99. The highest BCUT2D eigenvalue weighted by Gasteiger charge is 2.25. The summed E-state index contributed by atoms with van der Waals surface area (Å²) in [6.07, 6.45) is 4.01. The first-order chi connectivity index (χ1) is 11.5. The van der Waals surface area contributed by atoms with Crippen LogP contribution in [0.1, 0.15) is 36.8 Å². The lowest BCUT2D eigenvalue weighted by atomic mass is 9.85. The van der Waals surface area contributed by atoms with Crippen LogP contribution in [0.5, 0.6) is 0 Å². The van der Waals surface area contributed by atoms with Crippen molar-refractivity contribution in [1.82, 2.24) is 15.5 Å². The van der Waals surface area contributed by atoms with E-state index in [1.165, 1.54) is 6.07 Å². The number of urea groups is 1. The van der Waals surface area contributed by atoms with Crippen LogP contribution >= 0.6 is 0 Å². The maximum Gasteiger partial charge on any atom is 0.315 e. The minimum atomic E-state index is -0.266. The predicted octanol–water partition coefficient (Wildman–Crippen LogP) is 2.24. The Bertz CT molecular complexity index is 551. The van der Waals surface area contributed by atoms with Crippen molar-refractivity contribution in [1.29, 1.82) is 0 Å². The zero-order chi connectivity index (χ0) is 17.5. The fraction of sp³-hybridized carbons (Fsp3) is 0.611. The Morgan fingerprint density at radius 1 is 1.33 bits per heavy atom. The van der Waals surface area contributed by atoms with Gasteiger partial charge in [0, 0.05) is 37.2 Å². The molecule has 0 heterocycles. The number of benzene rings is 1. The van der Waals surface area contributed by atoms with E-state index in [0.717, 1.165) is 31.2 Å². The molecule has 24 heavy (non-hydrogen) atoms. The first-order valence-corrected chi connectivity index (χ1v) is 8.57. The zero-order valence-corrected chi connectivity index (χ0v) is 14.5. The molecular weight excluding hydrogens is 309 g/mol. The Labute approximate surface area is 143 Å². The molecule has 1 aromatic rings. The van der Waals surface area contributed by atoms with E-state index in [-0.39, 0.29) is 37.0 Å². The molecule has 6 heteroatoms. The second kappa shape index (κ2) is 8.99. The van der Waals surface area contributed by atoms with Gasteiger partial charge in [0.05, 0.1) is 0 Å². The minimum absolute atomic E-state index is 0.0166. The number of rotatable bonds is 6. The van der Waals surface area contributed by atoms with Crippen molar-refractivity contribution >= 4 is 6.03 Å². The van der Waals surface area contributed by atoms with Crippen molar-refractivity contribution in [2.45, 2.75) is 44.8 Å². The number of carbonyl (C=O) groups is 1. The molecule has 1 fully saturated rings. The molecule has 2 atom stereocenters. The maximum absolute atomic E-state index is 14.0. The van der Waals surface area contributed by atoms with Gasteiger partial charge in [0.2, 0.25) is 0 Å². The van der Waals surface area contributed by atoms with Gasteiger partial charge in [-0.05, 0) is 38.6 Å². The average Bonchev–Trinajstić information content (AvgIpc) is 2.55. The number of amides is 2. The van der Waals surface area contributed by atoms with Gasteiger partial charge >= 0.3 is 6.03 Å². The van der Waals surface area contributed by atoms with Crippen LogP contribution in [0.2, 0.25) is 0 Å². The summed E-state index contributed by atoms with van der Waals surface area (Å²) >= 11 is 0. The number of nitrogens with zero attached hydrogens (tertiary/aromatic N) is 1. The van der Waals surface area contributed by atoms with Crippen molar-refractivity contribution in [3.8, 4) is 0 Å². The smallest absolute Gasteiger partial charge is 0.315 e. The van der Waals surface area contributed by atoms with E-state index in [0.29, 0.717) is 12.1 Å². The molecule has 0 bridgehead atoms. The number of hydrogen-bond acceptors (Lipinski definition) is 3. The molecule has 0 spiro atoms. The highest BCUT2D eigenvalue weighted by molar-refractivity contribution is 5.74. The second-order valence-electron chi connectivity index (χ2n) is 6.82. The summed E-state index contributed by atoms with van der Waals surface area (Å²) in [5.74, 6) is -0.122. The molecule has 1 aliphatic rings. The third-order valence-corrected chi connectivity index (χ3v) is 4.52. The Morgan fingerprint density at radius 3 is 2.75 bits per heavy atom. The van der Waals surface area contributed by atoms with Gasteiger partial charge < -0.3 is 20.6 Å². The van der Waals surface area contributed by atoms with Crippen LogP contribution in [-0.4, -0.2) is 42.8 Å². The number of hydrogen-bond donors (Lipinski definition) is 3. The summed E-state index contributed by atoms with van der Waals surface area (Å²) in [5, 5.41) is 15.1. The summed E-state index contributed by atoms with van der Waals surface area (Å²) in [7, 11) is 3.79. The number of nitrogens with one attached hydrogen (secondary N) is 2. The molecule has 0 unspecified atom stereocenters. The molecule has 5 nitrogen and oxygen atoms in total. The van der Waals surface area contributed by atoms with E-state index in [4.69, 9.17) is 0 Å². The first-order valence-electron chi connectivity index (χ1n) is 8.57. The lowest BCUT2D eigenvalue weighted by Gasteiger charge is -2.30. The minimum Gasteiger partial charge on any atom is -0.396 e. The molecule has 134 valence electrons. The van der Waals surface area contributed by atoms with Gasteiger partial charge in [0.25, 0.3) is 0 Å². The molecular formula is C18H28FN3O2. The van der Waals surface area contributed by atoms with Crippen molar-refractivity contribution < 1.29 is 14.3 Å². The van der Waals surface area contributed by atoms with E-state index < -0.39 is 0 Å². The molecule has 2 rings (SSSR count). The van der Waals surface area contributed by atoms with E-state index in [2.05, 4.69) is 10.6 Å². The SMILES string of the molecule is CN(C)Cc1ccc(CNC(=O)N[C@H]2CCCC[C@@H]2CO)cc1F. The van der Waals surface area contributed by atoms with Crippen molar-refractivity contribution in [3.05, 3.63) is 35.1 Å². The number of aliphatic hydroxyl groups excluding tert-OH is 1. The summed E-state index contributed by atoms with van der Waals surface area (Å²) < 4.78 is 14.0. The Hall–Kier alpha value is -1.66. The molecule has 3 N–H and O–H groups in total. The summed E-state index contributed by atoms with van der Waals surface area (Å²) in [4.78, 5) is 13.9. The molecule has 1 aliphatic carbocycles. The first kappa shape index (κ1) is 18.7. The maximum atomic E-state index is 14.0. The topological polar surface area (TPSA) is 64.6 Å². The molecule has 0 aromatic heterocycles. The van der Waals surface area contributed by atoms with Gasteiger partial charge in [-0.25, -0.2) is 9.18 Å². The summed E-state index contributed by atoms with van der Waals surface area (Å²) in [5.41, 5.74) is 1.37. The Balaban J connectivity index is 1.84. The third-order valence-electron chi connectivity index (χ3n) is 4.52. The van der Waals surface area contributed by atoms with Crippen molar-refractivity contribution in [2.24, 2.45) is 5.92 Å². The van der Waals surface area contributed by atoms with Crippen LogP contribution in [-0.2, 0) is 13.1 Å². The van der Waals surface area contributed by atoms with Crippen LogP contribution in [0.15, 0.2) is 18.2 Å². The monoisotopic (exact) mass is 337 g/mol. The standard InChI is InChI=1S/C18H28FN3O2/c1-22(2)11-14-8-7-13(9-16(14)19)10-20-18(24)21-17-6-4-3-5-15(17)12-23/h7-9,15,17,23H,3-6,10-12H2,1-2H3,(H2,20,21,24)/t15-,17+/m1/s1. The van der Waals surface area contributed by atoms with Gasteiger partial charge in [-0.3, -0.25) is 0 Å². The van der Waals surface area contributed by atoms with Crippen LogP contribution in [0, 0.1) is 11.7 Å². The number of carbonyl (C=O) groups excluding carboxylic acids is 1. The van der Waals surface area contributed by atoms with Crippen molar-refractivity contribution in [3.63, 3.8) is 0 Å². The highest BCUT2D eigenvalue weighted by Crippen LogP contribution is 2.23. The zero-order valence-electron chi connectivity index (χ0n) is 14.5.